The maximum absolute atomic E-state index is 4.83. The van der Waals surface area contributed by atoms with E-state index < -0.39 is 0 Å². The molecule has 0 atom stereocenters. The van der Waals surface area contributed by atoms with Crippen LogP contribution in [0.3, 0.4) is 0 Å². The van der Waals surface area contributed by atoms with Gasteiger partial charge in [0.05, 0.1) is 52.7 Å². The van der Waals surface area contributed by atoms with E-state index in [0.29, 0.717) is 19.6 Å². The summed E-state index contributed by atoms with van der Waals surface area (Å²) < 4.78 is 0. The first-order valence-corrected chi connectivity index (χ1v) is 14.2. The molecule has 3 heterocycles. The van der Waals surface area contributed by atoms with Crippen molar-refractivity contribution in [3.63, 3.8) is 0 Å². The minimum absolute atomic E-state index is 0.181. The summed E-state index contributed by atoms with van der Waals surface area (Å²) in [5.74, 6) is 2.77. The average Bonchev–Trinajstić information content (AvgIpc) is 3.54. The topological polar surface area (TPSA) is 89.3 Å². The van der Waals surface area contributed by atoms with Gasteiger partial charge in [0.2, 0.25) is 0 Å². The number of aromatic amines is 3. The molecule has 0 amide bonds. The summed E-state index contributed by atoms with van der Waals surface area (Å²) in [4.78, 5) is 26.9. The molecule has 6 aromatic rings. The smallest absolute Gasteiger partial charge is 0.121 e. The van der Waals surface area contributed by atoms with Crippen molar-refractivity contribution < 1.29 is 13.4 Å². The number of fused-ring (bicyclic) bond motifs is 3. The van der Waals surface area contributed by atoms with Crippen LogP contribution in [0.5, 0.6) is 0 Å². The number of nitrogens with one attached hydrogen (secondary N) is 3. The van der Waals surface area contributed by atoms with E-state index in [-0.39, 0.29) is 13.4 Å². The molecule has 0 aliphatic heterocycles. The number of imidazole rings is 3. The Morgan fingerprint density at radius 2 is 0.853 bits per heavy atom. The largest absolute Gasteiger partial charge is 0.341 e. The third-order valence-electron chi connectivity index (χ3n) is 5.44. The summed E-state index contributed by atoms with van der Waals surface area (Å²) in [5.41, 5.74) is 6.07. The molecule has 0 saturated carbocycles. The molecular weight excluding hydrogens is 509 g/mol. The Morgan fingerprint density at radius 1 is 0.559 bits per heavy atom. The van der Waals surface area contributed by atoms with Crippen LogP contribution >= 0.6 is 20.1 Å². The molecule has 0 unspecified atom stereocenters. The SMILES string of the molecule is [Cl][Cr+][Cl].c1ccc2[nH]c(CN(Cc3nc4ccccc4[nH]3)Cc3nc4ccccc4[nH]3)nc2c1. The molecule has 3 aromatic carbocycles. The number of hydrogen-bond acceptors (Lipinski definition) is 4. The van der Waals surface area contributed by atoms with E-state index in [2.05, 4.69) is 38.1 Å². The van der Waals surface area contributed by atoms with Crippen LogP contribution in [0.2, 0.25) is 0 Å². The van der Waals surface area contributed by atoms with Gasteiger partial charge in [0.1, 0.15) is 17.5 Å². The molecule has 3 N–H and O–H groups in total. The molecule has 0 aliphatic rings. The molecule has 0 aliphatic carbocycles. The summed E-state index contributed by atoms with van der Waals surface area (Å²) in [7, 11) is 9.65. The van der Waals surface area contributed by atoms with Crippen molar-refractivity contribution in [3.8, 4) is 0 Å². The molecule has 3 aromatic heterocycles. The Labute approximate surface area is 210 Å². The first-order valence-electron chi connectivity index (χ1n) is 10.6. The van der Waals surface area contributed by atoms with Gasteiger partial charge in [-0.15, -0.1) is 0 Å². The number of hydrogen-bond donors (Lipinski definition) is 3. The number of benzene rings is 3. The molecule has 0 bridgehead atoms. The van der Waals surface area contributed by atoms with Crippen LogP contribution in [-0.4, -0.2) is 34.8 Å². The first kappa shape index (κ1) is 22.9. The van der Waals surface area contributed by atoms with Gasteiger partial charge in [-0.3, -0.25) is 4.90 Å². The Hall–Kier alpha value is -2.86. The summed E-state index contributed by atoms with van der Waals surface area (Å²) in [6, 6.07) is 24.3. The summed E-state index contributed by atoms with van der Waals surface area (Å²) in [6.45, 7) is 1.97. The van der Waals surface area contributed by atoms with Crippen LogP contribution in [0.4, 0.5) is 0 Å². The van der Waals surface area contributed by atoms with Crippen molar-refractivity contribution >= 4 is 53.2 Å². The minimum atomic E-state index is -0.181. The zero-order valence-corrected chi connectivity index (χ0v) is 20.8. The third-order valence-corrected chi connectivity index (χ3v) is 5.44. The summed E-state index contributed by atoms with van der Waals surface area (Å²) in [6.07, 6.45) is 0. The molecule has 0 radical (unpaired) electrons. The molecule has 0 spiro atoms. The number of nitrogens with zero attached hydrogens (tertiary/aromatic N) is 4. The fourth-order valence-electron chi connectivity index (χ4n) is 4.04. The van der Waals surface area contributed by atoms with Gasteiger partial charge in [-0.2, -0.15) is 0 Å². The van der Waals surface area contributed by atoms with E-state index in [9.17, 15) is 0 Å². The van der Waals surface area contributed by atoms with Gasteiger partial charge in [-0.1, -0.05) is 36.4 Å². The second kappa shape index (κ2) is 10.6. The predicted octanol–water partition coefficient (Wildman–Crippen LogP) is 5.89. The quantitative estimate of drug-likeness (QED) is 0.251. The van der Waals surface area contributed by atoms with Gasteiger partial charge < -0.3 is 15.0 Å². The van der Waals surface area contributed by atoms with Gasteiger partial charge in [0, 0.05) is 0 Å². The van der Waals surface area contributed by atoms with Gasteiger partial charge in [-0.05, 0) is 36.4 Å². The zero-order chi connectivity index (χ0) is 23.3. The summed E-state index contributed by atoms with van der Waals surface area (Å²) >= 11 is -0.181. The van der Waals surface area contributed by atoms with Crippen LogP contribution in [0.1, 0.15) is 17.5 Å². The van der Waals surface area contributed by atoms with Crippen molar-refractivity contribution in [3.05, 3.63) is 90.3 Å². The van der Waals surface area contributed by atoms with E-state index >= 15 is 0 Å². The number of H-pyrrole nitrogens is 3. The number of halogens is 2. The second-order valence-electron chi connectivity index (χ2n) is 7.81. The van der Waals surface area contributed by atoms with Gasteiger partial charge in [-0.25, -0.2) is 15.0 Å². The van der Waals surface area contributed by atoms with Gasteiger partial charge >= 0.3 is 33.5 Å². The maximum Gasteiger partial charge on any atom is 0.121 e. The van der Waals surface area contributed by atoms with Crippen molar-refractivity contribution in [1.82, 2.24) is 34.8 Å². The Balaban J connectivity index is 0.000000764. The Morgan fingerprint density at radius 3 is 1.15 bits per heavy atom. The standard InChI is InChI=1S/C24H21N7.2ClH.Cr/c1-2-8-17-16(7-1)25-22(26-17)13-31(14-23-27-18-9-3-4-10-19(18)28-23)15-24-29-20-11-5-6-12-21(20)30-24;;;/h1-12H,13-15H2,(H,25,26)(H,27,28)(H,29,30);2*1H;/q;;;+3/p-2. The number of aromatic nitrogens is 6. The maximum atomic E-state index is 4.83. The van der Waals surface area contributed by atoms with Crippen LogP contribution in [0.15, 0.2) is 72.8 Å². The van der Waals surface area contributed by atoms with E-state index in [1.54, 1.807) is 0 Å². The minimum Gasteiger partial charge on any atom is -0.341 e. The van der Waals surface area contributed by atoms with Crippen LogP contribution in [0, 0.1) is 0 Å². The van der Waals surface area contributed by atoms with Crippen LogP contribution in [-0.2, 0) is 33.0 Å². The molecule has 6 rings (SSSR count). The normalized spacial score (nSPS) is 11.3. The Bertz CT molecular complexity index is 1240. The number of para-hydroxylation sites is 6. The molecule has 7 nitrogen and oxygen atoms in total. The molecule has 171 valence electrons. The average molecular weight is 530 g/mol. The van der Waals surface area contributed by atoms with Crippen molar-refractivity contribution in [1.29, 1.82) is 0 Å². The van der Waals surface area contributed by atoms with E-state index in [1.165, 1.54) is 0 Å². The third kappa shape index (κ3) is 5.28. The summed E-state index contributed by atoms with van der Waals surface area (Å²) in [5, 5.41) is 0. The fourth-order valence-corrected chi connectivity index (χ4v) is 4.04. The first-order chi connectivity index (χ1) is 16.7. The molecule has 0 saturated heterocycles. The van der Waals surface area contributed by atoms with Crippen LogP contribution < -0.4 is 0 Å². The number of rotatable bonds is 6. The monoisotopic (exact) mass is 529 g/mol. The second-order valence-corrected chi connectivity index (χ2v) is 9.91. The molecule has 0 fully saturated rings. The van der Waals surface area contributed by atoms with Crippen molar-refractivity contribution in [2.75, 3.05) is 0 Å². The molecular formula is C24H21Cl2CrN7+. The van der Waals surface area contributed by atoms with Gasteiger partial charge in [0.15, 0.2) is 0 Å². The van der Waals surface area contributed by atoms with Gasteiger partial charge in [0.25, 0.3) is 0 Å². The fraction of sp³-hybridized carbons (Fsp3) is 0.125. The van der Waals surface area contributed by atoms with Crippen molar-refractivity contribution in [2.24, 2.45) is 0 Å². The molecule has 34 heavy (non-hydrogen) atoms. The van der Waals surface area contributed by atoms with Crippen molar-refractivity contribution in [2.45, 2.75) is 19.6 Å². The van der Waals surface area contributed by atoms with E-state index in [1.807, 2.05) is 54.6 Å². The van der Waals surface area contributed by atoms with Crippen LogP contribution in [0.25, 0.3) is 33.1 Å². The Kier molecular flexibility index (Phi) is 7.14. The van der Waals surface area contributed by atoms with E-state index in [0.717, 1.165) is 50.6 Å². The predicted molar refractivity (Wildman–Crippen MR) is 133 cm³/mol. The van der Waals surface area contributed by atoms with E-state index in [4.69, 9.17) is 35.1 Å². The zero-order valence-electron chi connectivity index (χ0n) is 18.0. The molecule has 10 heteroatoms.